The van der Waals surface area contributed by atoms with Gasteiger partial charge in [-0.3, -0.25) is 0 Å². The molecule has 0 radical (unpaired) electrons. The lowest BCUT2D eigenvalue weighted by Gasteiger charge is -2.11. The molecular formula is C23H23FN2O3. The maximum atomic E-state index is 13.5. The summed E-state index contributed by atoms with van der Waals surface area (Å²) in [6.45, 7) is 3.85. The van der Waals surface area contributed by atoms with Gasteiger partial charge in [0.15, 0.2) is 0 Å². The Kier molecular flexibility index (Phi) is 4.86. The molecule has 0 atom stereocenters. The van der Waals surface area contributed by atoms with Gasteiger partial charge in [0.05, 0.1) is 17.7 Å². The van der Waals surface area contributed by atoms with E-state index in [1.807, 2.05) is 24.6 Å². The van der Waals surface area contributed by atoms with Gasteiger partial charge >= 0.3 is 5.97 Å². The molecule has 0 amide bonds. The predicted molar refractivity (Wildman–Crippen MR) is 109 cm³/mol. The summed E-state index contributed by atoms with van der Waals surface area (Å²) in [5.41, 5.74) is 5.10. The van der Waals surface area contributed by atoms with Crippen molar-refractivity contribution >= 4 is 22.6 Å². The minimum atomic E-state index is -0.467. The fourth-order valence-corrected chi connectivity index (χ4v) is 3.98. The Bertz CT molecular complexity index is 1160. The molecule has 1 aromatic heterocycles. The number of carbonyl (C=O) groups is 1. The summed E-state index contributed by atoms with van der Waals surface area (Å²) in [6, 6.07) is 6.56. The van der Waals surface area contributed by atoms with Crippen LogP contribution in [0.5, 0.6) is 5.75 Å². The van der Waals surface area contributed by atoms with Crippen LogP contribution in [0.3, 0.4) is 0 Å². The topological polar surface area (TPSA) is 64.3 Å². The lowest BCUT2D eigenvalue weighted by atomic mass is 9.98. The summed E-state index contributed by atoms with van der Waals surface area (Å²) < 4.78 is 20.5. The van der Waals surface area contributed by atoms with Crippen LogP contribution in [0.4, 0.5) is 4.39 Å². The zero-order chi connectivity index (χ0) is 20.7. The van der Waals surface area contributed by atoms with Gasteiger partial charge in [0, 0.05) is 12.6 Å². The second-order valence-corrected chi connectivity index (χ2v) is 7.29. The maximum Gasteiger partial charge on any atom is 0.338 e. The van der Waals surface area contributed by atoms with Crippen molar-refractivity contribution < 1.29 is 19.0 Å². The molecule has 0 bridgehead atoms. The van der Waals surface area contributed by atoms with Gasteiger partial charge in [0.1, 0.15) is 22.9 Å². The van der Waals surface area contributed by atoms with Crippen LogP contribution >= 0.6 is 0 Å². The third-order valence-electron chi connectivity index (χ3n) is 5.60. The van der Waals surface area contributed by atoms with Gasteiger partial charge in [-0.05, 0) is 68.0 Å². The van der Waals surface area contributed by atoms with Crippen molar-refractivity contribution in [3.05, 3.63) is 64.2 Å². The van der Waals surface area contributed by atoms with E-state index in [9.17, 15) is 14.3 Å². The number of benzene rings is 2. The van der Waals surface area contributed by atoms with E-state index in [2.05, 4.69) is 4.98 Å². The normalized spacial score (nSPS) is 14.6. The van der Waals surface area contributed by atoms with Gasteiger partial charge in [0.2, 0.25) is 0 Å². The molecule has 5 nitrogen and oxygen atoms in total. The van der Waals surface area contributed by atoms with Crippen molar-refractivity contribution in [1.82, 2.24) is 9.55 Å². The van der Waals surface area contributed by atoms with Gasteiger partial charge < -0.3 is 14.4 Å². The van der Waals surface area contributed by atoms with E-state index >= 15 is 0 Å². The zero-order valence-corrected chi connectivity index (χ0v) is 16.8. The number of phenolic OH excluding ortho intramolecular Hbond substituents is 1. The molecule has 0 spiro atoms. The molecule has 1 aliphatic rings. The van der Waals surface area contributed by atoms with Crippen LogP contribution in [0.2, 0.25) is 0 Å². The summed E-state index contributed by atoms with van der Waals surface area (Å²) in [4.78, 5) is 17.0. The summed E-state index contributed by atoms with van der Waals surface area (Å²) in [7, 11) is 1.84. The Morgan fingerprint density at radius 3 is 2.90 bits per heavy atom. The van der Waals surface area contributed by atoms with Crippen LogP contribution in [0.15, 0.2) is 30.3 Å². The highest BCUT2D eigenvalue weighted by Crippen LogP contribution is 2.36. The molecule has 3 aromatic rings. The number of nitrogens with zero attached hydrogens (tertiary/aromatic N) is 2. The molecule has 150 valence electrons. The van der Waals surface area contributed by atoms with Gasteiger partial charge in [-0.1, -0.05) is 12.1 Å². The van der Waals surface area contributed by atoms with Crippen LogP contribution in [0.25, 0.3) is 16.6 Å². The van der Waals surface area contributed by atoms with E-state index in [-0.39, 0.29) is 18.2 Å². The summed E-state index contributed by atoms with van der Waals surface area (Å²) in [5.74, 6) is 0.0462. The number of imidazole rings is 1. The molecule has 0 fully saturated rings. The van der Waals surface area contributed by atoms with E-state index in [0.29, 0.717) is 28.6 Å². The SMILES string of the molecule is CCOC(=O)c1cc2c(nc(C)n2C)c(O)c1C/C=C1\CCc2cc(F)ccc21. The fraction of sp³-hybridized carbons (Fsp3) is 0.304. The highest BCUT2D eigenvalue weighted by atomic mass is 19.1. The number of rotatable bonds is 4. The number of halogens is 1. The smallest absolute Gasteiger partial charge is 0.338 e. The van der Waals surface area contributed by atoms with Crippen molar-refractivity contribution in [3.8, 4) is 5.75 Å². The van der Waals surface area contributed by atoms with Gasteiger partial charge in [-0.15, -0.1) is 0 Å². The third kappa shape index (κ3) is 3.28. The molecule has 0 saturated carbocycles. The number of fused-ring (bicyclic) bond motifs is 2. The van der Waals surface area contributed by atoms with Gasteiger partial charge in [-0.2, -0.15) is 0 Å². The van der Waals surface area contributed by atoms with Crippen molar-refractivity contribution in [2.24, 2.45) is 7.05 Å². The first kappa shape index (κ1) is 19.2. The average Bonchev–Trinajstić information content (AvgIpc) is 3.22. The molecule has 29 heavy (non-hydrogen) atoms. The molecule has 1 heterocycles. The summed E-state index contributed by atoms with van der Waals surface area (Å²) >= 11 is 0. The van der Waals surface area contributed by atoms with Crippen LogP contribution in [-0.4, -0.2) is 27.2 Å². The Morgan fingerprint density at radius 1 is 1.34 bits per heavy atom. The number of hydrogen-bond donors (Lipinski definition) is 1. The Balaban J connectivity index is 1.80. The highest BCUT2D eigenvalue weighted by molar-refractivity contribution is 5.98. The number of phenols is 1. The second-order valence-electron chi connectivity index (χ2n) is 7.29. The molecule has 4 rings (SSSR count). The maximum absolute atomic E-state index is 13.5. The zero-order valence-electron chi connectivity index (χ0n) is 16.8. The molecule has 0 unspecified atom stereocenters. The van der Waals surface area contributed by atoms with E-state index in [1.165, 1.54) is 6.07 Å². The first-order valence-electron chi connectivity index (χ1n) is 9.73. The van der Waals surface area contributed by atoms with Crippen molar-refractivity contribution in [1.29, 1.82) is 0 Å². The summed E-state index contributed by atoms with van der Waals surface area (Å²) in [5, 5.41) is 10.9. The molecule has 1 N–H and O–H groups in total. The number of hydrogen-bond acceptors (Lipinski definition) is 4. The molecule has 0 saturated heterocycles. The quantitative estimate of drug-likeness (QED) is 0.663. The Labute approximate surface area is 168 Å². The standard InChI is InChI=1S/C23H23FN2O3/c1-4-29-23(28)19-12-20-21(25-13(2)26(20)3)22(27)18(19)9-7-14-5-6-15-11-16(24)8-10-17(14)15/h7-8,10-12,27H,4-6,9H2,1-3H3/b14-7+. The van der Waals surface area contributed by atoms with E-state index in [0.717, 1.165) is 35.4 Å². The minimum Gasteiger partial charge on any atom is -0.505 e. The second kappa shape index (κ2) is 7.35. The minimum absolute atomic E-state index is 0.00318. The number of aromatic nitrogens is 2. The largest absolute Gasteiger partial charge is 0.505 e. The van der Waals surface area contributed by atoms with E-state index in [1.54, 1.807) is 25.1 Å². The number of esters is 1. The number of ether oxygens (including phenoxy) is 1. The molecule has 1 aliphatic carbocycles. The summed E-state index contributed by atoms with van der Waals surface area (Å²) in [6.07, 6.45) is 3.95. The highest BCUT2D eigenvalue weighted by Gasteiger charge is 2.23. The molecule has 6 heteroatoms. The van der Waals surface area contributed by atoms with E-state index in [4.69, 9.17) is 4.74 Å². The lowest BCUT2D eigenvalue weighted by Crippen LogP contribution is -2.09. The van der Waals surface area contributed by atoms with Crippen LogP contribution in [-0.2, 0) is 24.6 Å². The number of allylic oxidation sites excluding steroid dienone is 2. The third-order valence-corrected chi connectivity index (χ3v) is 5.60. The Morgan fingerprint density at radius 2 is 2.14 bits per heavy atom. The van der Waals surface area contributed by atoms with Gasteiger partial charge in [-0.25, -0.2) is 14.2 Å². The average molecular weight is 394 g/mol. The predicted octanol–water partition coefficient (Wildman–Crippen LogP) is 4.48. The molecule has 2 aromatic carbocycles. The van der Waals surface area contributed by atoms with Crippen LogP contribution in [0.1, 0.15) is 46.2 Å². The number of carbonyl (C=O) groups excluding carboxylic acids is 1. The van der Waals surface area contributed by atoms with Crippen molar-refractivity contribution in [2.45, 2.75) is 33.1 Å². The first-order chi connectivity index (χ1) is 13.9. The first-order valence-corrected chi connectivity index (χ1v) is 9.73. The van der Waals surface area contributed by atoms with Crippen LogP contribution in [0, 0.1) is 12.7 Å². The molecular weight excluding hydrogens is 371 g/mol. The Hall–Kier alpha value is -3.15. The van der Waals surface area contributed by atoms with E-state index < -0.39 is 5.97 Å². The fourth-order valence-electron chi connectivity index (χ4n) is 3.98. The monoisotopic (exact) mass is 394 g/mol. The van der Waals surface area contributed by atoms with Crippen LogP contribution < -0.4 is 0 Å². The number of aryl methyl sites for hydroxylation is 3. The van der Waals surface area contributed by atoms with Crippen molar-refractivity contribution in [2.75, 3.05) is 6.61 Å². The number of aromatic hydroxyl groups is 1. The van der Waals surface area contributed by atoms with Crippen molar-refractivity contribution in [3.63, 3.8) is 0 Å². The molecule has 0 aliphatic heterocycles. The van der Waals surface area contributed by atoms with Gasteiger partial charge in [0.25, 0.3) is 0 Å². The lowest BCUT2D eigenvalue weighted by molar-refractivity contribution is 0.0525.